The van der Waals surface area contributed by atoms with Crippen molar-refractivity contribution in [3.63, 3.8) is 0 Å². The highest BCUT2D eigenvalue weighted by molar-refractivity contribution is 6.61. The third-order valence-corrected chi connectivity index (χ3v) is 1.64. The van der Waals surface area contributed by atoms with Crippen molar-refractivity contribution in [3.8, 4) is 0 Å². The van der Waals surface area contributed by atoms with Gasteiger partial charge in [0.05, 0.1) is 0 Å². The van der Waals surface area contributed by atoms with Crippen molar-refractivity contribution >= 4 is 12.6 Å². The summed E-state index contributed by atoms with van der Waals surface area (Å²) in [6, 6.07) is 3.50. The smallest absolute Gasteiger partial charge is 0.410 e. The van der Waals surface area contributed by atoms with Crippen LogP contribution >= 0.6 is 0 Å². The molecule has 0 saturated heterocycles. The Hall–Kier alpha value is -0.935. The largest absolute Gasteiger partial charge is 0.493 e. The molecular formula is C8H9BF2O2. The predicted molar refractivity (Wildman–Crippen MR) is 45.8 cm³/mol. The first-order valence-corrected chi connectivity index (χ1v) is 3.69. The summed E-state index contributed by atoms with van der Waals surface area (Å²) in [6.07, 6.45) is 0. The second-order valence-electron chi connectivity index (χ2n) is 2.48. The van der Waals surface area contributed by atoms with E-state index in [0.717, 1.165) is 12.1 Å². The van der Waals surface area contributed by atoms with Crippen molar-refractivity contribution in [1.82, 2.24) is 0 Å². The molecule has 0 saturated carbocycles. The van der Waals surface area contributed by atoms with Gasteiger partial charge in [0.25, 0.3) is 0 Å². The first-order chi connectivity index (χ1) is 6.19. The first-order valence-electron chi connectivity index (χ1n) is 3.69. The molecule has 0 heterocycles. The summed E-state index contributed by atoms with van der Waals surface area (Å²) in [6.45, 7) is 0. The average molecular weight is 186 g/mol. The van der Waals surface area contributed by atoms with Crippen LogP contribution in [0.25, 0.3) is 0 Å². The maximum atomic E-state index is 12.7. The second-order valence-corrected chi connectivity index (χ2v) is 2.48. The van der Waals surface area contributed by atoms with Gasteiger partial charge in [-0.3, -0.25) is 0 Å². The second kappa shape index (κ2) is 4.34. The third kappa shape index (κ3) is 2.26. The minimum absolute atomic E-state index is 0.448. The van der Waals surface area contributed by atoms with Crippen molar-refractivity contribution in [2.75, 3.05) is 14.2 Å². The highest BCUT2D eigenvalue weighted by Gasteiger charge is 2.19. The molecule has 0 radical (unpaired) electrons. The van der Waals surface area contributed by atoms with Crippen molar-refractivity contribution < 1.29 is 18.1 Å². The van der Waals surface area contributed by atoms with Crippen LogP contribution < -0.4 is 5.46 Å². The lowest BCUT2D eigenvalue weighted by Crippen LogP contribution is -2.35. The molecule has 1 rings (SSSR count). The monoisotopic (exact) mass is 186 g/mol. The minimum atomic E-state index is -0.906. The average Bonchev–Trinajstić information content (AvgIpc) is 2.13. The van der Waals surface area contributed by atoms with E-state index in [2.05, 4.69) is 0 Å². The van der Waals surface area contributed by atoms with Crippen LogP contribution in [0, 0.1) is 11.6 Å². The first kappa shape index (κ1) is 10.1. The normalized spacial score (nSPS) is 10.2. The lowest BCUT2D eigenvalue weighted by molar-refractivity contribution is 0.291. The van der Waals surface area contributed by atoms with Gasteiger partial charge in [0, 0.05) is 14.2 Å². The predicted octanol–water partition coefficient (Wildman–Crippen LogP) is 0.953. The van der Waals surface area contributed by atoms with Crippen LogP contribution in [-0.2, 0) is 9.31 Å². The molecule has 0 atom stereocenters. The summed E-state index contributed by atoms with van der Waals surface area (Å²) < 4.78 is 35.0. The van der Waals surface area contributed by atoms with E-state index in [-0.39, 0.29) is 0 Å². The third-order valence-electron chi connectivity index (χ3n) is 1.64. The fraction of sp³-hybridized carbons (Fsp3) is 0.250. The Morgan fingerprint density at radius 2 is 1.69 bits per heavy atom. The molecule has 0 aliphatic rings. The van der Waals surface area contributed by atoms with Gasteiger partial charge in [0.1, 0.15) is 0 Å². The summed E-state index contributed by atoms with van der Waals surface area (Å²) in [5, 5.41) is 0. The van der Waals surface area contributed by atoms with Crippen molar-refractivity contribution in [3.05, 3.63) is 29.8 Å². The quantitative estimate of drug-likeness (QED) is 0.654. The summed E-state index contributed by atoms with van der Waals surface area (Å²) in [7, 11) is 2.19. The summed E-state index contributed by atoms with van der Waals surface area (Å²) in [5.74, 6) is -1.79. The van der Waals surface area contributed by atoms with E-state index in [4.69, 9.17) is 9.31 Å². The maximum absolute atomic E-state index is 12.7. The molecule has 0 aromatic heterocycles. The van der Waals surface area contributed by atoms with Crippen molar-refractivity contribution in [2.45, 2.75) is 0 Å². The van der Waals surface area contributed by atoms with E-state index < -0.39 is 18.8 Å². The summed E-state index contributed by atoms with van der Waals surface area (Å²) in [4.78, 5) is 0. The van der Waals surface area contributed by atoms with Crippen LogP contribution in [0.1, 0.15) is 0 Å². The van der Waals surface area contributed by atoms with Crippen LogP contribution in [0.2, 0.25) is 0 Å². The molecule has 0 aliphatic heterocycles. The molecule has 0 unspecified atom stereocenters. The number of halogens is 2. The van der Waals surface area contributed by atoms with Gasteiger partial charge in [-0.25, -0.2) is 8.78 Å². The minimum Gasteiger partial charge on any atom is -0.410 e. The molecule has 1 aromatic carbocycles. The number of rotatable bonds is 3. The Balaban J connectivity index is 2.95. The van der Waals surface area contributed by atoms with Gasteiger partial charge in [-0.15, -0.1) is 0 Å². The van der Waals surface area contributed by atoms with E-state index >= 15 is 0 Å². The van der Waals surface area contributed by atoms with Gasteiger partial charge in [-0.2, -0.15) is 0 Å². The summed E-state index contributed by atoms with van der Waals surface area (Å²) in [5.41, 5.74) is 0.448. The zero-order valence-corrected chi connectivity index (χ0v) is 7.38. The Kier molecular flexibility index (Phi) is 3.39. The van der Waals surface area contributed by atoms with Gasteiger partial charge in [0.2, 0.25) is 0 Å². The molecule has 2 nitrogen and oxygen atoms in total. The Morgan fingerprint density at radius 1 is 1.08 bits per heavy atom. The van der Waals surface area contributed by atoms with E-state index in [0.29, 0.717) is 5.46 Å². The zero-order valence-electron chi connectivity index (χ0n) is 7.38. The molecular weight excluding hydrogens is 177 g/mol. The van der Waals surface area contributed by atoms with E-state index in [9.17, 15) is 8.78 Å². The molecule has 70 valence electrons. The lowest BCUT2D eigenvalue weighted by atomic mass is 9.79. The Morgan fingerprint density at radius 3 is 2.15 bits per heavy atom. The van der Waals surface area contributed by atoms with Crippen molar-refractivity contribution in [2.24, 2.45) is 0 Å². The van der Waals surface area contributed by atoms with Crippen LogP contribution in [0.3, 0.4) is 0 Å². The molecule has 0 bridgehead atoms. The van der Waals surface area contributed by atoms with E-state index in [1.807, 2.05) is 0 Å². The topological polar surface area (TPSA) is 18.5 Å². The van der Waals surface area contributed by atoms with Crippen LogP contribution in [0.4, 0.5) is 8.78 Å². The van der Waals surface area contributed by atoms with Crippen molar-refractivity contribution in [1.29, 1.82) is 0 Å². The van der Waals surface area contributed by atoms with E-state index in [1.54, 1.807) is 0 Å². The molecule has 0 fully saturated rings. The van der Waals surface area contributed by atoms with Crippen LogP contribution in [-0.4, -0.2) is 21.3 Å². The molecule has 5 heteroatoms. The Bertz CT molecular complexity index is 289. The van der Waals surface area contributed by atoms with E-state index in [1.165, 1.54) is 20.3 Å². The van der Waals surface area contributed by atoms with Gasteiger partial charge in [-0.1, -0.05) is 6.07 Å². The zero-order chi connectivity index (χ0) is 9.84. The summed E-state index contributed by atoms with van der Waals surface area (Å²) >= 11 is 0. The van der Waals surface area contributed by atoms with Gasteiger partial charge in [-0.05, 0) is 17.6 Å². The standard InChI is InChI=1S/C8H9BF2O2/c1-12-9(13-2)6-3-4-7(10)8(11)5-6/h3-5H,1-2H3. The fourth-order valence-corrected chi connectivity index (χ4v) is 1.03. The van der Waals surface area contributed by atoms with Gasteiger partial charge < -0.3 is 9.31 Å². The maximum Gasteiger partial charge on any atom is 0.493 e. The SMILES string of the molecule is COB(OC)c1ccc(F)c(F)c1. The molecule has 0 spiro atoms. The van der Waals surface area contributed by atoms with Gasteiger partial charge >= 0.3 is 7.12 Å². The number of hydrogen-bond acceptors (Lipinski definition) is 2. The van der Waals surface area contributed by atoms with Crippen LogP contribution in [0.5, 0.6) is 0 Å². The fourth-order valence-electron chi connectivity index (χ4n) is 1.03. The van der Waals surface area contributed by atoms with Crippen LogP contribution in [0.15, 0.2) is 18.2 Å². The molecule has 0 aliphatic carbocycles. The molecule has 0 amide bonds. The number of hydrogen-bond donors (Lipinski definition) is 0. The highest BCUT2D eigenvalue weighted by atomic mass is 19.2. The van der Waals surface area contributed by atoms with Gasteiger partial charge in [0.15, 0.2) is 11.6 Å². The highest BCUT2D eigenvalue weighted by Crippen LogP contribution is 2.02. The molecule has 0 N–H and O–H groups in total. The lowest BCUT2D eigenvalue weighted by Gasteiger charge is -2.08. The number of benzene rings is 1. The molecule has 13 heavy (non-hydrogen) atoms. The Labute approximate surface area is 75.6 Å². The molecule has 1 aromatic rings.